The molecule has 1 aromatic rings. The topological polar surface area (TPSA) is 42.7 Å². The molecule has 2 heterocycles. The van der Waals surface area contributed by atoms with Gasteiger partial charge in [-0.1, -0.05) is 26.2 Å². The second-order valence-corrected chi connectivity index (χ2v) is 5.83. The van der Waals surface area contributed by atoms with E-state index in [4.69, 9.17) is 0 Å². The monoisotopic (exact) mass is 234 g/mol. The van der Waals surface area contributed by atoms with Crippen LogP contribution in [0.3, 0.4) is 0 Å². The van der Waals surface area contributed by atoms with Crippen LogP contribution in [-0.4, -0.2) is 21.3 Å². The molecule has 1 unspecified atom stereocenters. The molecule has 1 saturated carbocycles. The molecule has 17 heavy (non-hydrogen) atoms. The Balaban J connectivity index is 1.98. The maximum Gasteiger partial charge on any atom is 0.149 e. The molecule has 1 aromatic heterocycles. The standard InChI is InChI=1S/C13H22N4/c1-10-11-15-16-12(17(11)9-8-14-10)13(2)6-4-3-5-7-13/h10,14H,3-9H2,1-2H3. The summed E-state index contributed by atoms with van der Waals surface area (Å²) < 4.78 is 2.37. The Kier molecular flexibility index (Phi) is 2.69. The van der Waals surface area contributed by atoms with Crippen molar-refractivity contribution in [2.45, 2.75) is 64.0 Å². The number of aromatic nitrogens is 3. The van der Waals surface area contributed by atoms with Gasteiger partial charge in [0.2, 0.25) is 0 Å². The first kappa shape index (κ1) is 11.2. The maximum atomic E-state index is 4.52. The van der Waals surface area contributed by atoms with Crippen molar-refractivity contribution in [2.24, 2.45) is 0 Å². The molecule has 0 spiro atoms. The molecule has 1 aliphatic carbocycles. The molecule has 1 fully saturated rings. The van der Waals surface area contributed by atoms with E-state index in [1.807, 2.05) is 0 Å². The predicted molar refractivity (Wildman–Crippen MR) is 66.9 cm³/mol. The molecule has 0 saturated heterocycles. The van der Waals surface area contributed by atoms with Gasteiger partial charge in [-0.25, -0.2) is 0 Å². The molecule has 1 atom stereocenters. The van der Waals surface area contributed by atoms with Crippen LogP contribution in [-0.2, 0) is 12.0 Å². The summed E-state index contributed by atoms with van der Waals surface area (Å²) in [7, 11) is 0. The van der Waals surface area contributed by atoms with Gasteiger partial charge in [0, 0.05) is 18.5 Å². The summed E-state index contributed by atoms with van der Waals surface area (Å²) in [6, 6.07) is 0.345. The highest BCUT2D eigenvalue weighted by Gasteiger charge is 2.35. The van der Waals surface area contributed by atoms with Crippen molar-refractivity contribution in [3.05, 3.63) is 11.6 Å². The van der Waals surface area contributed by atoms with Gasteiger partial charge in [0.1, 0.15) is 11.6 Å². The lowest BCUT2D eigenvalue weighted by Crippen LogP contribution is -2.36. The summed E-state index contributed by atoms with van der Waals surface area (Å²) in [5.41, 5.74) is 0.264. The van der Waals surface area contributed by atoms with Gasteiger partial charge in [-0.3, -0.25) is 0 Å². The summed E-state index contributed by atoms with van der Waals surface area (Å²) in [6.45, 7) is 6.61. The first-order chi connectivity index (χ1) is 8.21. The molecular formula is C13H22N4. The lowest BCUT2D eigenvalue weighted by atomic mass is 9.75. The first-order valence-corrected chi connectivity index (χ1v) is 6.88. The Morgan fingerprint density at radius 3 is 2.76 bits per heavy atom. The Hall–Kier alpha value is -0.900. The smallest absolute Gasteiger partial charge is 0.149 e. The minimum Gasteiger partial charge on any atom is -0.312 e. The molecule has 3 rings (SSSR count). The van der Waals surface area contributed by atoms with Crippen molar-refractivity contribution >= 4 is 0 Å². The van der Waals surface area contributed by atoms with E-state index in [9.17, 15) is 0 Å². The van der Waals surface area contributed by atoms with Crippen molar-refractivity contribution in [1.29, 1.82) is 0 Å². The van der Waals surface area contributed by atoms with Crippen molar-refractivity contribution in [2.75, 3.05) is 6.54 Å². The van der Waals surface area contributed by atoms with E-state index >= 15 is 0 Å². The van der Waals surface area contributed by atoms with E-state index in [0.717, 1.165) is 18.9 Å². The molecule has 0 radical (unpaired) electrons. The van der Waals surface area contributed by atoms with Gasteiger partial charge in [0.05, 0.1) is 6.04 Å². The van der Waals surface area contributed by atoms with Gasteiger partial charge in [0.25, 0.3) is 0 Å². The van der Waals surface area contributed by atoms with Gasteiger partial charge < -0.3 is 9.88 Å². The molecule has 4 nitrogen and oxygen atoms in total. The molecule has 0 bridgehead atoms. The lowest BCUT2D eigenvalue weighted by Gasteiger charge is -2.34. The van der Waals surface area contributed by atoms with E-state index in [1.165, 1.54) is 37.9 Å². The lowest BCUT2D eigenvalue weighted by molar-refractivity contribution is 0.287. The van der Waals surface area contributed by atoms with E-state index in [-0.39, 0.29) is 5.41 Å². The summed E-state index contributed by atoms with van der Waals surface area (Å²) >= 11 is 0. The second kappa shape index (κ2) is 4.09. The number of fused-ring (bicyclic) bond motifs is 1. The van der Waals surface area contributed by atoms with E-state index in [1.54, 1.807) is 0 Å². The zero-order valence-electron chi connectivity index (χ0n) is 10.9. The molecular weight excluding hydrogens is 212 g/mol. The fraction of sp³-hybridized carbons (Fsp3) is 0.846. The quantitative estimate of drug-likeness (QED) is 0.809. The van der Waals surface area contributed by atoms with Crippen molar-refractivity contribution in [1.82, 2.24) is 20.1 Å². The summed E-state index contributed by atoms with van der Waals surface area (Å²) in [6.07, 6.45) is 6.60. The first-order valence-electron chi connectivity index (χ1n) is 6.88. The Labute approximate surface area is 103 Å². The number of rotatable bonds is 1. The van der Waals surface area contributed by atoms with Gasteiger partial charge in [0.15, 0.2) is 0 Å². The molecule has 2 aliphatic rings. The largest absolute Gasteiger partial charge is 0.312 e. The van der Waals surface area contributed by atoms with Crippen molar-refractivity contribution in [3.8, 4) is 0 Å². The fourth-order valence-electron chi connectivity index (χ4n) is 3.34. The van der Waals surface area contributed by atoms with Gasteiger partial charge in [-0.05, 0) is 19.8 Å². The number of hydrogen-bond acceptors (Lipinski definition) is 3. The minimum absolute atomic E-state index is 0.264. The summed E-state index contributed by atoms with van der Waals surface area (Å²) in [5.74, 6) is 2.36. The zero-order chi connectivity index (χ0) is 11.9. The average Bonchev–Trinajstić information content (AvgIpc) is 2.76. The number of nitrogens with zero attached hydrogens (tertiary/aromatic N) is 3. The number of hydrogen-bond donors (Lipinski definition) is 1. The third-order valence-electron chi connectivity index (χ3n) is 4.45. The third kappa shape index (κ3) is 1.79. The van der Waals surface area contributed by atoms with Crippen LogP contribution >= 0.6 is 0 Å². The highest BCUT2D eigenvalue weighted by molar-refractivity contribution is 5.13. The van der Waals surface area contributed by atoms with Crippen LogP contribution in [0.15, 0.2) is 0 Å². The van der Waals surface area contributed by atoms with Crippen LogP contribution in [0, 0.1) is 0 Å². The van der Waals surface area contributed by atoms with Crippen LogP contribution in [0.5, 0.6) is 0 Å². The van der Waals surface area contributed by atoms with Crippen LogP contribution in [0.4, 0.5) is 0 Å². The Bertz CT molecular complexity index is 404. The Morgan fingerprint density at radius 1 is 1.24 bits per heavy atom. The van der Waals surface area contributed by atoms with E-state index in [2.05, 4.69) is 33.9 Å². The molecule has 4 heteroatoms. The fourth-order valence-corrected chi connectivity index (χ4v) is 3.34. The second-order valence-electron chi connectivity index (χ2n) is 5.83. The third-order valence-corrected chi connectivity index (χ3v) is 4.45. The number of nitrogens with one attached hydrogen (secondary N) is 1. The average molecular weight is 234 g/mol. The minimum atomic E-state index is 0.264. The van der Waals surface area contributed by atoms with Crippen molar-refractivity contribution in [3.63, 3.8) is 0 Å². The maximum absolute atomic E-state index is 4.52. The Morgan fingerprint density at radius 2 is 2.00 bits per heavy atom. The molecule has 1 aliphatic heterocycles. The van der Waals surface area contributed by atoms with Crippen LogP contribution < -0.4 is 5.32 Å². The van der Waals surface area contributed by atoms with Crippen molar-refractivity contribution < 1.29 is 0 Å². The van der Waals surface area contributed by atoms with Gasteiger partial charge >= 0.3 is 0 Å². The normalized spacial score (nSPS) is 27.8. The molecule has 0 aromatic carbocycles. The predicted octanol–water partition coefficient (Wildman–Crippen LogP) is 2.16. The highest BCUT2D eigenvalue weighted by atomic mass is 15.3. The highest BCUT2D eigenvalue weighted by Crippen LogP contribution is 2.38. The van der Waals surface area contributed by atoms with E-state index < -0.39 is 0 Å². The van der Waals surface area contributed by atoms with Gasteiger partial charge in [-0.15, -0.1) is 10.2 Å². The summed E-state index contributed by atoms with van der Waals surface area (Å²) in [5, 5.41) is 12.4. The SMILES string of the molecule is CC1NCCn2c1nnc2C1(C)CCCCC1. The molecule has 94 valence electrons. The van der Waals surface area contributed by atoms with Crippen LogP contribution in [0.2, 0.25) is 0 Å². The van der Waals surface area contributed by atoms with Crippen LogP contribution in [0.1, 0.15) is 63.6 Å². The van der Waals surface area contributed by atoms with E-state index in [0.29, 0.717) is 6.04 Å². The molecule has 0 amide bonds. The van der Waals surface area contributed by atoms with Crippen LogP contribution in [0.25, 0.3) is 0 Å². The zero-order valence-corrected chi connectivity index (χ0v) is 10.9. The summed E-state index contributed by atoms with van der Waals surface area (Å²) in [4.78, 5) is 0. The molecule has 1 N–H and O–H groups in total. The van der Waals surface area contributed by atoms with Gasteiger partial charge in [-0.2, -0.15) is 0 Å².